The van der Waals surface area contributed by atoms with Crippen molar-refractivity contribution >= 4 is 23.1 Å². The zero-order valence-corrected chi connectivity index (χ0v) is 11.1. The van der Waals surface area contributed by atoms with E-state index in [9.17, 15) is 5.11 Å². The van der Waals surface area contributed by atoms with Crippen LogP contribution in [0.4, 0.5) is 0 Å². The van der Waals surface area contributed by atoms with Crippen LogP contribution in [0, 0.1) is 0 Å². The van der Waals surface area contributed by atoms with E-state index in [2.05, 4.69) is 17.2 Å². The van der Waals surface area contributed by atoms with Crippen molar-refractivity contribution in [3.8, 4) is 0 Å². The number of nitrogens with one attached hydrogen (secondary N) is 1. The minimum atomic E-state index is -0.481. The Morgan fingerprint density at radius 3 is 3.19 bits per heavy atom. The predicted octanol–water partition coefficient (Wildman–Crippen LogP) is 1.88. The summed E-state index contributed by atoms with van der Waals surface area (Å²) in [6.45, 7) is 3.66. The molecule has 2 unspecified atom stereocenters. The van der Waals surface area contributed by atoms with E-state index in [1.165, 1.54) is 4.88 Å². The largest absolute Gasteiger partial charge is 0.387 e. The zero-order chi connectivity index (χ0) is 11.4. The van der Waals surface area contributed by atoms with Crippen LogP contribution >= 0.6 is 23.1 Å². The first-order valence-electron chi connectivity index (χ1n) is 5.66. The summed E-state index contributed by atoms with van der Waals surface area (Å²) in [5.41, 5.74) is 1.36. The van der Waals surface area contributed by atoms with Crippen molar-refractivity contribution in [3.63, 3.8) is 0 Å². The lowest BCUT2D eigenvalue weighted by Gasteiger charge is -2.45. The number of aromatic nitrogens is 1. The van der Waals surface area contributed by atoms with Gasteiger partial charge in [-0.3, -0.25) is 4.98 Å². The van der Waals surface area contributed by atoms with E-state index in [0.29, 0.717) is 11.8 Å². The molecule has 1 aliphatic carbocycles. The molecule has 2 N–H and O–H groups in total. The number of nitrogens with zero attached hydrogens (tertiary/aromatic N) is 1. The summed E-state index contributed by atoms with van der Waals surface area (Å²) in [6, 6.07) is 0. The second-order valence-electron chi connectivity index (χ2n) is 4.16. The molecule has 0 bridgehead atoms. The van der Waals surface area contributed by atoms with Crippen molar-refractivity contribution in [3.05, 3.63) is 16.6 Å². The van der Waals surface area contributed by atoms with Gasteiger partial charge in [0.05, 0.1) is 11.1 Å². The molecule has 90 valence electrons. The minimum Gasteiger partial charge on any atom is -0.387 e. The van der Waals surface area contributed by atoms with Crippen LogP contribution in [0.25, 0.3) is 0 Å². The molecule has 2 atom stereocenters. The van der Waals surface area contributed by atoms with E-state index in [0.717, 1.165) is 25.1 Å². The van der Waals surface area contributed by atoms with Crippen LogP contribution in [0.3, 0.4) is 0 Å². The standard InChI is InChI=1S/C11H18N2OS2/c1-2-15-10-3-4-11(10,14)7-12-5-9-6-13-8-16-9/h6,8,10,12,14H,2-5,7H2,1H3. The molecule has 1 fully saturated rings. The molecule has 0 amide bonds. The van der Waals surface area contributed by atoms with Gasteiger partial charge < -0.3 is 10.4 Å². The van der Waals surface area contributed by atoms with Gasteiger partial charge >= 0.3 is 0 Å². The van der Waals surface area contributed by atoms with E-state index < -0.39 is 5.60 Å². The molecule has 0 aromatic carbocycles. The number of hydrogen-bond donors (Lipinski definition) is 2. The normalized spacial score (nSPS) is 29.0. The molecule has 5 heteroatoms. The smallest absolute Gasteiger partial charge is 0.0889 e. The Labute approximate surface area is 105 Å². The highest BCUT2D eigenvalue weighted by atomic mass is 32.2. The van der Waals surface area contributed by atoms with Crippen molar-refractivity contribution in [2.45, 2.75) is 37.2 Å². The van der Waals surface area contributed by atoms with Gasteiger partial charge in [-0.1, -0.05) is 6.92 Å². The van der Waals surface area contributed by atoms with E-state index in [1.54, 1.807) is 11.3 Å². The Morgan fingerprint density at radius 2 is 2.62 bits per heavy atom. The van der Waals surface area contributed by atoms with Gasteiger partial charge in [0.15, 0.2) is 0 Å². The summed E-state index contributed by atoms with van der Waals surface area (Å²) >= 11 is 3.52. The summed E-state index contributed by atoms with van der Waals surface area (Å²) in [4.78, 5) is 5.25. The second kappa shape index (κ2) is 5.49. The molecule has 1 aromatic rings. The van der Waals surface area contributed by atoms with Crippen LogP contribution in [-0.2, 0) is 6.54 Å². The maximum Gasteiger partial charge on any atom is 0.0889 e. The Bertz CT molecular complexity index is 318. The first kappa shape index (κ1) is 12.4. The Kier molecular flexibility index (Phi) is 4.24. The zero-order valence-electron chi connectivity index (χ0n) is 9.48. The maximum atomic E-state index is 10.3. The molecule has 1 aliphatic rings. The lowest BCUT2D eigenvalue weighted by molar-refractivity contribution is -0.0234. The van der Waals surface area contributed by atoms with Gasteiger partial charge in [-0.15, -0.1) is 11.3 Å². The molecule has 1 saturated carbocycles. The van der Waals surface area contributed by atoms with Gasteiger partial charge in [-0.2, -0.15) is 11.8 Å². The molecule has 2 rings (SSSR count). The van der Waals surface area contributed by atoms with E-state index in [1.807, 2.05) is 23.5 Å². The fraction of sp³-hybridized carbons (Fsp3) is 0.727. The SMILES string of the molecule is CCSC1CCC1(O)CNCc1cncs1. The molecule has 1 heterocycles. The summed E-state index contributed by atoms with van der Waals surface area (Å²) in [7, 11) is 0. The molecule has 16 heavy (non-hydrogen) atoms. The average Bonchev–Trinajstić information content (AvgIpc) is 2.77. The van der Waals surface area contributed by atoms with Crippen molar-refractivity contribution in [1.82, 2.24) is 10.3 Å². The van der Waals surface area contributed by atoms with Crippen LogP contribution in [-0.4, -0.2) is 33.2 Å². The topological polar surface area (TPSA) is 45.1 Å². The van der Waals surface area contributed by atoms with Gasteiger partial charge in [0.2, 0.25) is 0 Å². The third kappa shape index (κ3) is 2.77. The highest BCUT2D eigenvalue weighted by molar-refractivity contribution is 8.00. The van der Waals surface area contributed by atoms with Crippen LogP contribution in [0.1, 0.15) is 24.6 Å². The monoisotopic (exact) mass is 258 g/mol. The van der Waals surface area contributed by atoms with Crippen LogP contribution in [0.15, 0.2) is 11.7 Å². The predicted molar refractivity (Wildman–Crippen MR) is 69.9 cm³/mol. The molecule has 0 spiro atoms. The summed E-state index contributed by atoms with van der Waals surface area (Å²) in [5.74, 6) is 1.09. The second-order valence-corrected chi connectivity index (χ2v) is 6.61. The highest BCUT2D eigenvalue weighted by Crippen LogP contribution is 2.40. The summed E-state index contributed by atoms with van der Waals surface area (Å²) in [6.07, 6.45) is 3.96. The number of hydrogen-bond acceptors (Lipinski definition) is 5. The summed E-state index contributed by atoms with van der Waals surface area (Å²) < 4.78 is 0. The van der Waals surface area contributed by atoms with Crippen LogP contribution < -0.4 is 5.32 Å². The van der Waals surface area contributed by atoms with Crippen LogP contribution in [0.5, 0.6) is 0 Å². The molecule has 0 saturated heterocycles. The van der Waals surface area contributed by atoms with E-state index in [4.69, 9.17) is 0 Å². The van der Waals surface area contributed by atoms with Gasteiger partial charge in [0.1, 0.15) is 0 Å². The number of rotatable bonds is 6. The lowest BCUT2D eigenvalue weighted by Crippen LogP contribution is -2.56. The quantitative estimate of drug-likeness (QED) is 0.818. The van der Waals surface area contributed by atoms with E-state index >= 15 is 0 Å². The first-order chi connectivity index (χ1) is 7.74. The maximum absolute atomic E-state index is 10.3. The number of thioether (sulfide) groups is 1. The average molecular weight is 258 g/mol. The van der Waals surface area contributed by atoms with Crippen LogP contribution in [0.2, 0.25) is 0 Å². The fourth-order valence-corrected chi connectivity index (χ4v) is 3.73. The molecule has 0 aliphatic heterocycles. The summed E-state index contributed by atoms with van der Waals surface area (Å²) in [5, 5.41) is 14.1. The van der Waals surface area contributed by atoms with E-state index in [-0.39, 0.29) is 0 Å². The number of aliphatic hydroxyl groups is 1. The molecule has 3 nitrogen and oxygen atoms in total. The lowest BCUT2D eigenvalue weighted by atomic mass is 9.79. The Balaban J connectivity index is 1.73. The highest BCUT2D eigenvalue weighted by Gasteiger charge is 2.44. The molecular formula is C11H18N2OS2. The molecular weight excluding hydrogens is 240 g/mol. The van der Waals surface area contributed by atoms with Gasteiger partial charge in [-0.05, 0) is 18.6 Å². The van der Waals surface area contributed by atoms with Crippen molar-refractivity contribution < 1.29 is 5.11 Å². The Hall–Kier alpha value is -0.100. The first-order valence-corrected chi connectivity index (χ1v) is 7.59. The fourth-order valence-electron chi connectivity index (χ4n) is 1.97. The van der Waals surface area contributed by atoms with Crippen molar-refractivity contribution in [2.24, 2.45) is 0 Å². The van der Waals surface area contributed by atoms with Crippen molar-refractivity contribution in [2.75, 3.05) is 12.3 Å². The van der Waals surface area contributed by atoms with Gasteiger partial charge in [0, 0.05) is 29.4 Å². The Morgan fingerprint density at radius 1 is 1.75 bits per heavy atom. The van der Waals surface area contributed by atoms with Gasteiger partial charge in [0.25, 0.3) is 0 Å². The third-order valence-corrected chi connectivity index (χ3v) is 5.21. The van der Waals surface area contributed by atoms with Crippen molar-refractivity contribution in [1.29, 1.82) is 0 Å². The molecule has 1 aromatic heterocycles. The number of thiazole rings is 1. The van der Waals surface area contributed by atoms with Gasteiger partial charge in [-0.25, -0.2) is 0 Å². The minimum absolute atomic E-state index is 0.423. The third-order valence-electron chi connectivity index (χ3n) is 3.02. The molecule has 0 radical (unpaired) electrons.